The largest absolute Gasteiger partial charge is 0.372 e. The molecule has 1 N–H and O–H groups in total. The van der Waals surface area contributed by atoms with Crippen LogP contribution in [0.3, 0.4) is 0 Å². The summed E-state index contributed by atoms with van der Waals surface area (Å²) in [7, 11) is 0. The van der Waals surface area contributed by atoms with Gasteiger partial charge in [0.15, 0.2) is 0 Å². The van der Waals surface area contributed by atoms with E-state index in [1.54, 1.807) is 6.20 Å². The van der Waals surface area contributed by atoms with Crippen LogP contribution in [0.2, 0.25) is 0 Å². The first kappa shape index (κ1) is 11.1. The zero-order chi connectivity index (χ0) is 12.4. The van der Waals surface area contributed by atoms with Gasteiger partial charge in [0.25, 0.3) is 0 Å². The maximum Gasteiger partial charge on any atom is 0.364 e. The van der Waals surface area contributed by atoms with Gasteiger partial charge >= 0.3 is 5.63 Å². The summed E-state index contributed by atoms with van der Waals surface area (Å²) < 4.78 is 4.67. The van der Waals surface area contributed by atoms with E-state index in [0.29, 0.717) is 5.56 Å². The lowest BCUT2D eigenvalue weighted by Gasteiger charge is -2.28. The second-order valence-corrected chi connectivity index (χ2v) is 4.66. The van der Waals surface area contributed by atoms with Crippen LogP contribution in [-0.2, 0) is 0 Å². The third-order valence-corrected chi connectivity index (χ3v) is 3.47. The summed E-state index contributed by atoms with van der Waals surface area (Å²) in [5.41, 5.74) is 2.39. The summed E-state index contributed by atoms with van der Waals surface area (Å²) in [6, 6.07) is 8.11. The number of benzene rings is 1. The van der Waals surface area contributed by atoms with Gasteiger partial charge < -0.3 is 9.42 Å². The van der Waals surface area contributed by atoms with E-state index in [1.165, 1.54) is 24.9 Å². The summed E-state index contributed by atoms with van der Waals surface area (Å²) in [6.07, 6.45) is 5.46. The number of nitrogens with zero attached hydrogens (tertiary/aromatic N) is 1. The number of piperidine rings is 1. The molecule has 0 atom stereocenters. The molecule has 1 aliphatic heterocycles. The molecule has 0 spiro atoms. The van der Waals surface area contributed by atoms with Crippen molar-refractivity contribution in [2.75, 3.05) is 18.0 Å². The highest BCUT2D eigenvalue weighted by Gasteiger charge is 2.11. The molecule has 0 bridgehead atoms. The minimum absolute atomic E-state index is 0.319. The molecular formula is C14H16N2O2. The van der Waals surface area contributed by atoms with Gasteiger partial charge in [0.1, 0.15) is 0 Å². The Morgan fingerprint density at radius 1 is 1.06 bits per heavy atom. The van der Waals surface area contributed by atoms with Gasteiger partial charge in [-0.1, -0.05) is 12.1 Å². The predicted octanol–water partition coefficient (Wildman–Crippen LogP) is 2.63. The fourth-order valence-corrected chi connectivity index (χ4v) is 2.46. The van der Waals surface area contributed by atoms with Crippen LogP contribution in [0.5, 0.6) is 0 Å². The van der Waals surface area contributed by atoms with Gasteiger partial charge in [-0.3, -0.25) is 0 Å². The minimum atomic E-state index is -0.319. The van der Waals surface area contributed by atoms with Crippen LogP contribution in [0, 0.1) is 0 Å². The van der Waals surface area contributed by atoms with Crippen LogP contribution in [0.25, 0.3) is 11.1 Å². The van der Waals surface area contributed by atoms with Gasteiger partial charge in [-0.2, -0.15) is 0 Å². The van der Waals surface area contributed by atoms with Crippen LogP contribution in [0.1, 0.15) is 19.3 Å². The van der Waals surface area contributed by atoms with Crippen LogP contribution in [-0.4, -0.2) is 18.2 Å². The minimum Gasteiger partial charge on any atom is -0.372 e. The molecule has 1 aromatic heterocycles. The standard InChI is InChI=1S/C14H16N2O2/c17-14-13(10-15-18-14)11-4-6-12(7-5-11)16-8-2-1-3-9-16/h4-7,10,15H,1-3,8-9H2. The molecule has 4 heteroatoms. The third-order valence-electron chi connectivity index (χ3n) is 3.47. The predicted molar refractivity (Wildman–Crippen MR) is 70.8 cm³/mol. The van der Waals surface area contributed by atoms with Gasteiger partial charge in [-0.15, -0.1) is 0 Å². The molecule has 94 valence electrons. The SMILES string of the molecule is O=c1o[nH]cc1-c1ccc(N2CCCCC2)cc1. The van der Waals surface area contributed by atoms with E-state index in [-0.39, 0.29) is 5.63 Å². The van der Waals surface area contributed by atoms with Crippen molar-refractivity contribution in [3.05, 3.63) is 40.9 Å². The normalized spacial score (nSPS) is 15.9. The number of H-pyrrole nitrogens is 1. The zero-order valence-electron chi connectivity index (χ0n) is 10.2. The van der Waals surface area contributed by atoms with Gasteiger partial charge in [-0.25, -0.2) is 9.95 Å². The highest BCUT2D eigenvalue weighted by Crippen LogP contribution is 2.23. The molecule has 2 heterocycles. The van der Waals surface area contributed by atoms with Crippen molar-refractivity contribution in [2.45, 2.75) is 19.3 Å². The first-order valence-electron chi connectivity index (χ1n) is 6.37. The summed E-state index contributed by atoms with van der Waals surface area (Å²) >= 11 is 0. The Morgan fingerprint density at radius 2 is 1.78 bits per heavy atom. The second-order valence-electron chi connectivity index (χ2n) is 4.66. The Bertz CT molecular complexity index is 562. The first-order valence-corrected chi connectivity index (χ1v) is 6.37. The monoisotopic (exact) mass is 244 g/mol. The molecule has 0 radical (unpaired) electrons. The summed E-state index contributed by atoms with van der Waals surface area (Å²) in [6.45, 7) is 2.26. The van der Waals surface area contributed by atoms with Crippen LogP contribution in [0.15, 0.2) is 39.8 Å². The molecule has 1 aromatic carbocycles. The maximum atomic E-state index is 11.4. The van der Waals surface area contributed by atoms with Crippen LogP contribution in [0.4, 0.5) is 5.69 Å². The van der Waals surface area contributed by atoms with E-state index in [9.17, 15) is 4.79 Å². The number of anilines is 1. The molecule has 2 aromatic rings. The summed E-state index contributed by atoms with van der Waals surface area (Å²) in [5, 5.41) is 2.48. The molecule has 0 unspecified atom stereocenters. The molecule has 18 heavy (non-hydrogen) atoms. The maximum absolute atomic E-state index is 11.4. The van der Waals surface area contributed by atoms with Gasteiger partial charge in [0, 0.05) is 18.8 Å². The van der Waals surface area contributed by atoms with Crippen molar-refractivity contribution < 1.29 is 4.52 Å². The van der Waals surface area contributed by atoms with Crippen LogP contribution < -0.4 is 10.5 Å². The lowest BCUT2D eigenvalue weighted by Crippen LogP contribution is -2.29. The van der Waals surface area contributed by atoms with Crippen LogP contribution >= 0.6 is 0 Å². The highest BCUT2D eigenvalue weighted by molar-refractivity contribution is 5.64. The number of hydrogen-bond donors (Lipinski definition) is 1. The number of nitrogens with one attached hydrogen (secondary N) is 1. The lowest BCUT2D eigenvalue weighted by atomic mass is 10.1. The average Bonchev–Trinajstić information content (AvgIpc) is 2.86. The fourth-order valence-electron chi connectivity index (χ4n) is 2.46. The van der Waals surface area contributed by atoms with E-state index in [4.69, 9.17) is 0 Å². The molecule has 0 saturated carbocycles. The zero-order valence-corrected chi connectivity index (χ0v) is 10.2. The van der Waals surface area contributed by atoms with Crippen molar-refractivity contribution in [3.8, 4) is 11.1 Å². The van der Waals surface area contributed by atoms with E-state index in [1.807, 2.05) is 12.1 Å². The second kappa shape index (κ2) is 4.72. The van der Waals surface area contributed by atoms with Crippen molar-refractivity contribution in [2.24, 2.45) is 0 Å². The molecule has 0 amide bonds. The molecule has 4 nitrogen and oxygen atoms in total. The molecule has 1 saturated heterocycles. The molecular weight excluding hydrogens is 228 g/mol. The Hall–Kier alpha value is -1.97. The number of rotatable bonds is 2. The van der Waals surface area contributed by atoms with Gasteiger partial charge in [0.05, 0.1) is 11.8 Å². The molecule has 0 aliphatic carbocycles. The van der Waals surface area contributed by atoms with E-state index < -0.39 is 0 Å². The summed E-state index contributed by atoms with van der Waals surface area (Å²) in [4.78, 5) is 13.8. The Kier molecular flexibility index (Phi) is 2.92. The number of aromatic nitrogens is 1. The van der Waals surface area contributed by atoms with E-state index in [2.05, 4.69) is 26.7 Å². The average molecular weight is 244 g/mol. The smallest absolute Gasteiger partial charge is 0.364 e. The fraction of sp³-hybridized carbons (Fsp3) is 0.357. The summed E-state index contributed by atoms with van der Waals surface area (Å²) in [5.74, 6) is 0. The lowest BCUT2D eigenvalue weighted by molar-refractivity contribution is 0.392. The third kappa shape index (κ3) is 2.06. The van der Waals surface area contributed by atoms with Crippen molar-refractivity contribution in [1.82, 2.24) is 5.16 Å². The topological polar surface area (TPSA) is 49.2 Å². The Labute approximate surface area is 105 Å². The van der Waals surface area contributed by atoms with E-state index in [0.717, 1.165) is 18.7 Å². The Balaban J connectivity index is 1.85. The van der Waals surface area contributed by atoms with Gasteiger partial charge in [-0.05, 0) is 37.0 Å². The van der Waals surface area contributed by atoms with Crippen molar-refractivity contribution in [3.63, 3.8) is 0 Å². The quantitative estimate of drug-likeness (QED) is 0.883. The molecule has 3 rings (SSSR count). The van der Waals surface area contributed by atoms with Crippen molar-refractivity contribution in [1.29, 1.82) is 0 Å². The molecule has 1 aliphatic rings. The molecule has 1 fully saturated rings. The van der Waals surface area contributed by atoms with Crippen molar-refractivity contribution >= 4 is 5.69 Å². The highest BCUT2D eigenvalue weighted by atomic mass is 16.5. The van der Waals surface area contributed by atoms with Gasteiger partial charge in [0.2, 0.25) is 0 Å². The number of aromatic amines is 1. The Morgan fingerprint density at radius 3 is 2.39 bits per heavy atom. The number of hydrogen-bond acceptors (Lipinski definition) is 3. The first-order chi connectivity index (χ1) is 8.84. The van der Waals surface area contributed by atoms with E-state index >= 15 is 0 Å².